The average molecular weight is 319 g/mol. The molecule has 1 aromatic carbocycles. The largest absolute Gasteiger partial charge is 0.331 e. The van der Waals surface area contributed by atoms with Crippen molar-refractivity contribution in [1.82, 2.24) is 20.4 Å². The van der Waals surface area contributed by atoms with Crippen molar-refractivity contribution < 1.29 is 4.79 Å². The van der Waals surface area contributed by atoms with E-state index in [1.165, 1.54) is 0 Å². The van der Waals surface area contributed by atoms with Crippen LogP contribution in [0.2, 0.25) is 5.02 Å². The van der Waals surface area contributed by atoms with Crippen molar-refractivity contribution in [3.05, 3.63) is 51.8 Å². The lowest BCUT2D eigenvalue weighted by molar-refractivity contribution is 0.189. The number of nitrogens with zero attached hydrogens (tertiary/aromatic N) is 2. The zero-order valence-corrected chi connectivity index (χ0v) is 13.4. The number of H-pyrrole nitrogens is 1. The van der Waals surface area contributed by atoms with E-state index in [9.17, 15) is 4.79 Å². The number of benzene rings is 1. The van der Waals surface area contributed by atoms with E-state index in [0.717, 1.165) is 28.9 Å². The molecule has 1 aliphatic heterocycles. The smallest absolute Gasteiger partial charge is 0.318 e. The number of rotatable bonds is 2. The summed E-state index contributed by atoms with van der Waals surface area (Å²) in [7, 11) is 0. The molecule has 2 amide bonds. The van der Waals surface area contributed by atoms with Crippen molar-refractivity contribution in [2.45, 2.75) is 32.9 Å². The highest BCUT2D eigenvalue weighted by Crippen LogP contribution is 2.23. The maximum Gasteiger partial charge on any atom is 0.318 e. The van der Waals surface area contributed by atoms with Gasteiger partial charge in [0.2, 0.25) is 0 Å². The standard InChI is InChI=1S/C16H19ClN4O/c1-10(12-5-3-4-6-14(12)17)18-16(22)21-8-7-15-13(9-21)11(2)19-20-15/h3-6,10H,7-9H2,1-2H3,(H,18,22)(H,19,20)/t10-/m1/s1. The molecule has 0 radical (unpaired) electrons. The molecule has 1 atom stereocenters. The van der Waals surface area contributed by atoms with Gasteiger partial charge in [0.25, 0.3) is 0 Å². The second-order valence-electron chi connectivity index (χ2n) is 5.64. The predicted molar refractivity (Wildman–Crippen MR) is 85.8 cm³/mol. The lowest BCUT2D eigenvalue weighted by Crippen LogP contribution is -2.43. The monoisotopic (exact) mass is 318 g/mol. The molecular weight excluding hydrogens is 300 g/mol. The lowest BCUT2D eigenvalue weighted by atomic mass is 10.1. The van der Waals surface area contributed by atoms with Crippen molar-refractivity contribution in [3.63, 3.8) is 0 Å². The van der Waals surface area contributed by atoms with Crippen molar-refractivity contribution in [2.75, 3.05) is 6.54 Å². The molecule has 1 aliphatic rings. The van der Waals surface area contributed by atoms with Crippen molar-refractivity contribution in [2.24, 2.45) is 0 Å². The number of halogens is 1. The molecule has 0 spiro atoms. The molecule has 22 heavy (non-hydrogen) atoms. The number of aromatic nitrogens is 2. The van der Waals surface area contributed by atoms with Gasteiger partial charge in [0.05, 0.1) is 18.3 Å². The summed E-state index contributed by atoms with van der Waals surface area (Å²) >= 11 is 6.18. The number of urea groups is 1. The third kappa shape index (κ3) is 2.81. The Morgan fingerprint density at radius 2 is 2.23 bits per heavy atom. The summed E-state index contributed by atoms with van der Waals surface area (Å²) < 4.78 is 0. The predicted octanol–water partition coefficient (Wildman–Crippen LogP) is 3.20. The highest BCUT2D eigenvalue weighted by Gasteiger charge is 2.25. The van der Waals surface area contributed by atoms with E-state index >= 15 is 0 Å². The molecule has 1 aromatic heterocycles. The molecule has 0 bridgehead atoms. The topological polar surface area (TPSA) is 61.0 Å². The number of carbonyl (C=O) groups excluding carboxylic acids is 1. The Kier molecular flexibility index (Phi) is 4.07. The Morgan fingerprint density at radius 1 is 1.45 bits per heavy atom. The normalized spacial score (nSPS) is 15.3. The van der Waals surface area contributed by atoms with Crippen LogP contribution >= 0.6 is 11.6 Å². The van der Waals surface area contributed by atoms with E-state index in [4.69, 9.17) is 11.6 Å². The number of fused-ring (bicyclic) bond motifs is 1. The quantitative estimate of drug-likeness (QED) is 0.893. The molecule has 2 heterocycles. The van der Waals surface area contributed by atoms with Crippen LogP contribution < -0.4 is 5.32 Å². The number of amides is 2. The van der Waals surface area contributed by atoms with Gasteiger partial charge in [-0.1, -0.05) is 29.8 Å². The minimum Gasteiger partial charge on any atom is -0.331 e. The summed E-state index contributed by atoms with van der Waals surface area (Å²) in [5.74, 6) is 0. The van der Waals surface area contributed by atoms with Gasteiger partial charge in [-0.2, -0.15) is 5.10 Å². The van der Waals surface area contributed by atoms with E-state index in [0.29, 0.717) is 18.1 Å². The number of aryl methyl sites for hydroxylation is 1. The summed E-state index contributed by atoms with van der Waals surface area (Å²) in [5.41, 5.74) is 4.16. The first-order valence-electron chi connectivity index (χ1n) is 7.39. The fraction of sp³-hybridized carbons (Fsp3) is 0.375. The van der Waals surface area contributed by atoms with Gasteiger partial charge in [0.1, 0.15) is 0 Å². The van der Waals surface area contributed by atoms with Crippen LogP contribution in [0.5, 0.6) is 0 Å². The number of nitrogens with one attached hydrogen (secondary N) is 2. The minimum absolute atomic E-state index is 0.0707. The molecule has 5 nitrogen and oxygen atoms in total. The third-order valence-corrected chi connectivity index (χ3v) is 4.47. The van der Waals surface area contributed by atoms with E-state index < -0.39 is 0 Å². The van der Waals surface area contributed by atoms with Crippen LogP contribution in [-0.4, -0.2) is 27.7 Å². The molecular formula is C16H19ClN4O. The van der Waals surface area contributed by atoms with Crippen LogP contribution in [0.3, 0.4) is 0 Å². The number of hydrogen-bond donors (Lipinski definition) is 2. The van der Waals surface area contributed by atoms with Crippen LogP contribution in [0, 0.1) is 6.92 Å². The van der Waals surface area contributed by atoms with E-state index in [1.807, 2.05) is 43.0 Å². The second kappa shape index (κ2) is 6.01. The number of carbonyl (C=O) groups is 1. The van der Waals surface area contributed by atoms with Gasteiger partial charge in [0.15, 0.2) is 0 Å². The Balaban J connectivity index is 1.68. The van der Waals surface area contributed by atoms with Crippen LogP contribution in [0.25, 0.3) is 0 Å². The minimum atomic E-state index is -0.131. The zero-order chi connectivity index (χ0) is 15.7. The third-order valence-electron chi connectivity index (χ3n) is 4.13. The van der Waals surface area contributed by atoms with Crippen LogP contribution in [0.1, 0.15) is 35.5 Å². The first-order chi connectivity index (χ1) is 10.6. The highest BCUT2D eigenvalue weighted by molar-refractivity contribution is 6.31. The van der Waals surface area contributed by atoms with Gasteiger partial charge >= 0.3 is 6.03 Å². The maximum absolute atomic E-state index is 12.5. The van der Waals surface area contributed by atoms with Gasteiger partial charge in [-0.15, -0.1) is 0 Å². The molecule has 0 aliphatic carbocycles. The average Bonchev–Trinajstić information content (AvgIpc) is 2.88. The molecule has 2 aromatic rings. The summed E-state index contributed by atoms with van der Waals surface area (Å²) in [6, 6.07) is 7.37. The summed E-state index contributed by atoms with van der Waals surface area (Å²) in [4.78, 5) is 14.3. The first kappa shape index (κ1) is 14.9. The maximum atomic E-state index is 12.5. The van der Waals surface area contributed by atoms with Gasteiger partial charge in [-0.3, -0.25) is 5.10 Å². The highest BCUT2D eigenvalue weighted by atomic mass is 35.5. The van der Waals surface area contributed by atoms with Crippen LogP contribution in [0.4, 0.5) is 4.79 Å². The van der Waals surface area contributed by atoms with Crippen LogP contribution in [0.15, 0.2) is 24.3 Å². The zero-order valence-electron chi connectivity index (χ0n) is 12.7. The summed E-state index contributed by atoms with van der Waals surface area (Å²) in [6.45, 7) is 5.20. The Morgan fingerprint density at radius 3 is 3.00 bits per heavy atom. The molecule has 0 saturated heterocycles. The summed E-state index contributed by atoms with van der Waals surface area (Å²) in [6.07, 6.45) is 0.785. The van der Waals surface area contributed by atoms with E-state index in [2.05, 4.69) is 15.5 Å². The van der Waals surface area contributed by atoms with E-state index in [-0.39, 0.29) is 12.1 Å². The second-order valence-corrected chi connectivity index (χ2v) is 6.05. The molecule has 3 rings (SSSR count). The first-order valence-corrected chi connectivity index (χ1v) is 7.76. The van der Waals surface area contributed by atoms with Gasteiger partial charge in [0, 0.05) is 29.2 Å². The summed E-state index contributed by atoms with van der Waals surface area (Å²) in [5, 5.41) is 10.9. The molecule has 0 saturated carbocycles. The Hall–Kier alpha value is -2.01. The Labute approximate surface area is 134 Å². The van der Waals surface area contributed by atoms with Crippen molar-refractivity contribution in [3.8, 4) is 0 Å². The molecule has 116 valence electrons. The Bertz CT molecular complexity index is 697. The SMILES string of the molecule is Cc1[nH]nc2c1CN(C(=O)N[C@H](C)c1ccccc1Cl)CC2. The fourth-order valence-electron chi connectivity index (χ4n) is 2.78. The molecule has 0 fully saturated rings. The molecule has 2 N–H and O–H groups in total. The van der Waals surface area contributed by atoms with Crippen LogP contribution in [-0.2, 0) is 13.0 Å². The van der Waals surface area contributed by atoms with Gasteiger partial charge in [-0.25, -0.2) is 4.79 Å². The van der Waals surface area contributed by atoms with Gasteiger partial charge in [-0.05, 0) is 25.5 Å². The van der Waals surface area contributed by atoms with E-state index in [1.54, 1.807) is 0 Å². The molecule has 0 unspecified atom stereocenters. The van der Waals surface area contributed by atoms with Gasteiger partial charge < -0.3 is 10.2 Å². The lowest BCUT2D eigenvalue weighted by Gasteiger charge is -2.28. The number of hydrogen-bond acceptors (Lipinski definition) is 2. The van der Waals surface area contributed by atoms with Crippen molar-refractivity contribution >= 4 is 17.6 Å². The molecule has 6 heteroatoms. The number of aromatic amines is 1. The van der Waals surface area contributed by atoms with Crippen molar-refractivity contribution in [1.29, 1.82) is 0 Å². The fourth-order valence-corrected chi connectivity index (χ4v) is 3.08.